The highest BCUT2D eigenvalue weighted by Gasteiger charge is 2.10. The van der Waals surface area contributed by atoms with Crippen LogP contribution in [-0.4, -0.2) is 21.2 Å². The number of amides is 2. The number of thiazole rings is 1. The number of aromatic nitrogens is 2. The number of carbonyl (C=O) groups excluding carboxylic acids is 2. The van der Waals surface area contributed by atoms with Crippen LogP contribution in [0.25, 0.3) is 16.2 Å². The Hall–Kier alpha value is -3.75. The Labute approximate surface area is 185 Å². The summed E-state index contributed by atoms with van der Waals surface area (Å²) in [4.78, 5) is 30.9. The number of rotatable bonds is 5. The summed E-state index contributed by atoms with van der Waals surface area (Å²) in [6.45, 7) is 0. The molecule has 0 aliphatic carbocycles. The van der Waals surface area contributed by atoms with Crippen molar-refractivity contribution in [3.05, 3.63) is 94.3 Å². The Balaban J connectivity index is 1.23. The smallest absolute Gasteiger partial charge is 0.265 e. The van der Waals surface area contributed by atoms with Gasteiger partial charge in [0.25, 0.3) is 11.8 Å². The standard InChI is InChI=1S/C23H16N4O2S2/c28-21(16-5-9-18(10-6-16)25-22(29)20-2-1-12-30-20)24-17-7-3-15(4-8-17)19-14-27-11-13-31-23(27)26-19/h1-14H,(H,24,28)(H,25,29). The minimum absolute atomic E-state index is 0.162. The van der Waals surface area contributed by atoms with E-state index in [0.29, 0.717) is 21.8 Å². The molecule has 0 fully saturated rings. The molecule has 6 nitrogen and oxygen atoms in total. The molecule has 152 valence electrons. The summed E-state index contributed by atoms with van der Waals surface area (Å²) in [5.41, 5.74) is 3.72. The van der Waals surface area contributed by atoms with Gasteiger partial charge in [0.2, 0.25) is 0 Å². The molecule has 0 saturated heterocycles. The number of hydrogen-bond acceptors (Lipinski definition) is 5. The second-order valence-corrected chi connectivity index (χ2v) is 8.58. The van der Waals surface area contributed by atoms with Crippen molar-refractivity contribution in [1.29, 1.82) is 0 Å². The van der Waals surface area contributed by atoms with Crippen LogP contribution < -0.4 is 10.6 Å². The van der Waals surface area contributed by atoms with E-state index in [4.69, 9.17) is 0 Å². The van der Waals surface area contributed by atoms with Crippen molar-refractivity contribution in [1.82, 2.24) is 9.38 Å². The predicted octanol–water partition coefficient (Wildman–Crippen LogP) is 5.63. The first-order valence-electron chi connectivity index (χ1n) is 9.45. The summed E-state index contributed by atoms with van der Waals surface area (Å²) in [6.07, 6.45) is 3.96. The van der Waals surface area contributed by atoms with Gasteiger partial charge in [-0.3, -0.25) is 14.0 Å². The number of fused-ring (bicyclic) bond motifs is 1. The second kappa shape index (κ2) is 8.17. The molecule has 0 atom stereocenters. The van der Waals surface area contributed by atoms with E-state index in [1.54, 1.807) is 41.7 Å². The van der Waals surface area contributed by atoms with E-state index in [-0.39, 0.29) is 11.8 Å². The molecule has 0 spiro atoms. The third-order valence-corrected chi connectivity index (χ3v) is 6.32. The summed E-state index contributed by atoms with van der Waals surface area (Å²) >= 11 is 2.97. The second-order valence-electron chi connectivity index (χ2n) is 6.76. The lowest BCUT2D eigenvalue weighted by molar-refractivity contribution is 0.102. The molecule has 3 aromatic heterocycles. The summed E-state index contributed by atoms with van der Waals surface area (Å²) in [5.74, 6) is -0.378. The molecule has 31 heavy (non-hydrogen) atoms. The van der Waals surface area contributed by atoms with Crippen molar-refractivity contribution in [3.8, 4) is 11.3 Å². The van der Waals surface area contributed by atoms with Gasteiger partial charge < -0.3 is 10.6 Å². The first kappa shape index (κ1) is 19.2. The molecule has 0 unspecified atom stereocenters. The van der Waals surface area contributed by atoms with Crippen LogP contribution in [0.1, 0.15) is 20.0 Å². The lowest BCUT2D eigenvalue weighted by Crippen LogP contribution is -2.13. The van der Waals surface area contributed by atoms with E-state index in [1.165, 1.54) is 11.3 Å². The van der Waals surface area contributed by atoms with Crippen molar-refractivity contribution in [3.63, 3.8) is 0 Å². The number of carbonyl (C=O) groups is 2. The normalized spacial score (nSPS) is 10.8. The van der Waals surface area contributed by atoms with Gasteiger partial charge in [-0.25, -0.2) is 4.98 Å². The number of nitrogens with zero attached hydrogens (tertiary/aromatic N) is 2. The van der Waals surface area contributed by atoms with E-state index in [2.05, 4.69) is 15.6 Å². The monoisotopic (exact) mass is 444 g/mol. The molecular formula is C23H16N4O2S2. The Kier molecular flexibility index (Phi) is 5.07. The molecule has 2 N–H and O–H groups in total. The Morgan fingerprint density at radius 1 is 0.806 bits per heavy atom. The van der Waals surface area contributed by atoms with E-state index >= 15 is 0 Å². The zero-order chi connectivity index (χ0) is 21.2. The molecule has 2 aromatic carbocycles. The zero-order valence-corrected chi connectivity index (χ0v) is 17.7. The molecule has 2 amide bonds. The van der Waals surface area contributed by atoms with E-state index in [0.717, 1.165) is 16.2 Å². The van der Waals surface area contributed by atoms with Gasteiger partial charge in [-0.05, 0) is 47.8 Å². The molecular weight excluding hydrogens is 428 g/mol. The Bertz CT molecular complexity index is 1320. The van der Waals surface area contributed by atoms with Crippen LogP contribution >= 0.6 is 22.7 Å². The van der Waals surface area contributed by atoms with Gasteiger partial charge >= 0.3 is 0 Å². The van der Waals surface area contributed by atoms with Crippen LogP contribution in [0, 0.1) is 0 Å². The molecule has 8 heteroatoms. The zero-order valence-electron chi connectivity index (χ0n) is 16.1. The Morgan fingerprint density at radius 3 is 2.19 bits per heavy atom. The van der Waals surface area contributed by atoms with Gasteiger partial charge in [0, 0.05) is 40.3 Å². The van der Waals surface area contributed by atoms with Gasteiger partial charge in [0.05, 0.1) is 10.6 Å². The van der Waals surface area contributed by atoms with E-state index in [1.807, 2.05) is 57.9 Å². The highest BCUT2D eigenvalue weighted by atomic mass is 32.1. The fraction of sp³-hybridized carbons (Fsp3) is 0. The molecule has 3 heterocycles. The van der Waals surface area contributed by atoms with Crippen molar-refractivity contribution in [2.45, 2.75) is 0 Å². The van der Waals surface area contributed by atoms with Crippen LogP contribution in [-0.2, 0) is 0 Å². The van der Waals surface area contributed by atoms with Crippen LogP contribution in [0.15, 0.2) is 83.8 Å². The summed E-state index contributed by atoms with van der Waals surface area (Å²) < 4.78 is 1.99. The quantitative estimate of drug-likeness (QED) is 0.369. The first-order valence-corrected chi connectivity index (χ1v) is 11.2. The minimum atomic E-state index is -0.216. The van der Waals surface area contributed by atoms with Gasteiger partial charge in [-0.2, -0.15) is 0 Å². The number of imidazole rings is 1. The maximum absolute atomic E-state index is 12.6. The highest BCUT2D eigenvalue weighted by molar-refractivity contribution is 7.15. The highest BCUT2D eigenvalue weighted by Crippen LogP contribution is 2.23. The van der Waals surface area contributed by atoms with E-state index < -0.39 is 0 Å². The third kappa shape index (κ3) is 4.11. The molecule has 0 aliphatic rings. The fourth-order valence-corrected chi connectivity index (χ4v) is 4.42. The third-order valence-electron chi connectivity index (χ3n) is 4.68. The lowest BCUT2D eigenvalue weighted by Gasteiger charge is -2.08. The Morgan fingerprint density at radius 2 is 1.52 bits per heavy atom. The van der Waals surface area contributed by atoms with Gasteiger partial charge in [0.1, 0.15) is 0 Å². The molecule has 0 bridgehead atoms. The summed E-state index contributed by atoms with van der Waals surface area (Å²) in [5, 5.41) is 9.56. The van der Waals surface area contributed by atoms with Crippen LogP contribution in [0.4, 0.5) is 11.4 Å². The molecule has 0 radical (unpaired) electrons. The average Bonchev–Trinajstić information content (AvgIpc) is 3.52. The van der Waals surface area contributed by atoms with Gasteiger partial charge in [0.15, 0.2) is 4.96 Å². The van der Waals surface area contributed by atoms with E-state index in [9.17, 15) is 9.59 Å². The number of thiophene rings is 1. The number of hydrogen-bond donors (Lipinski definition) is 2. The first-order chi connectivity index (χ1) is 15.2. The van der Waals surface area contributed by atoms with Gasteiger partial charge in [-0.1, -0.05) is 18.2 Å². The average molecular weight is 445 g/mol. The lowest BCUT2D eigenvalue weighted by atomic mass is 10.1. The maximum atomic E-state index is 12.6. The van der Waals surface area contributed by atoms with Crippen molar-refractivity contribution in [2.75, 3.05) is 10.6 Å². The molecule has 5 rings (SSSR count). The molecule has 5 aromatic rings. The predicted molar refractivity (Wildman–Crippen MR) is 125 cm³/mol. The molecule has 0 aliphatic heterocycles. The number of nitrogens with one attached hydrogen (secondary N) is 2. The largest absolute Gasteiger partial charge is 0.322 e. The van der Waals surface area contributed by atoms with Crippen molar-refractivity contribution in [2.24, 2.45) is 0 Å². The van der Waals surface area contributed by atoms with Crippen LogP contribution in [0.5, 0.6) is 0 Å². The summed E-state index contributed by atoms with van der Waals surface area (Å²) in [6, 6.07) is 18.0. The number of benzene rings is 2. The van der Waals surface area contributed by atoms with Gasteiger partial charge in [-0.15, -0.1) is 22.7 Å². The SMILES string of the molecule is O=C(Nc1ccc(-c2cn3ccsc3n2)cc1)c1ccc(NC(=O)c2cccs2)cc1. The topological polar surface area (TPSA) is 75.5 Å². The van der Waals surface area contributed by atoms with Crippen LogP contribution in [0.2, 0.25) is 0 Å². The van der Waals surface area contributed by atoms with Crippen LogP contribution in [0.3, 0.4) is 0 Å². The molecule has 0 saturated carbocycles. The number of anilines is 2. The maximum Gasteiger partial charge on any atom is 0.265 e. The summed E-state index contributed by atoms with van der Waals surface area (Å²) in [7, 11) is 0. The fourth-order valence-electron chi connectivity index (χ4n) is 3.10. The van der Waals surface area contributed by atoms with Crippen molar-refractivity contribution >= 4 is 50.8 Å². The van der Waals surface area contributed by atoms with Crippen molar-refractivity contribution < 1.29 is 9.59 Å². The minimum Gasteiger partial charge on any atom is -0.322 e.